The van der Waals surface area contributed by atoms with Crippen LogP contribution in [0.2, 0.25) is 0 Å². The lowest BCUT2D eigenvalue weighted by atomic mass is 10.1. The summed E-state index contributed by atoms with van der Waals surface area (Å²) >= 11 is 0. The average Bonchev–Trinajstić information content (AvgIpc) is 2.84. The summed E-state index contributed by atoms with van der Waals surface area (Å²) in [5.74, 6) is 0. The SMILES string of the molecule is OCCCCCCCCCCC[P+](c1ccccc1)(c1ccccc1)c1ccccc1. The van der Waals surface area contributed by atoms with Gasteiger partial charge in [-0.2, -0.15) is 0 Å². The van der Waals surface area contributed by atoms with Crippen LogP contribution in [0.25, 0.3) is 0 Å². The maximum absolute atomic E-state index is 8.88. The smallest absolute Gasteiger partial charge is 0.112 e. The lowest BCUT2D eigenvalue weighted by molar-refractivity contribution is 0.282. The second-order valence-corrected chi connectivity index (χ2v) is 12.1. The minimum atomic E-state index is -1.65. The van der Waals surface area contributed by atoms with Crippen LogP contribution in [0.5, 0.6) is 0 Å². The van der Waals surface area contributed by atoms with Gasteiger partial charge in [0, 0.05) is 6.61 Å². The van der Waals surface area contributed by atoms with E-state index in [1.165, 1.54) is 73.4 Å². The summed E-state index contributed by atoms with van der Waals surface area (Å²) in [5.41, 5.74) is 0. The molecule has 3 rings (SSSR count). The van der Waals surface area contributed by atoms with Crippen LogP contribution in [0.1, 0.15) is 57.8 Å². The summed E-state index contributed by atoms with van der Waals surface area (Å²) in [6.07, 6.45) is 12.6. The third-order valence-corrected chi connectivity index (χ3v) is 10.8. The van der Waals surface area contributed by atoms with Gasteiger partial charge in [0.25, 0.3) is 0 Å². The molecule has 3 aromatic rings. The number of hydrogen-bond acceptors (Lipinski definition) is 1. The number of rotatable bonds is 14. The molecule has 0 aromatic heterocycles. The molecule has 0 aliphatic rings. The molecule has 2 heteroatoms. The number of aliphatic hydroxyl groups excluding tert-OH is 1. The third kappa shape index (κ3) is 6.76. The van der Waals surface area contributed by atoms with Crippen LogP contribution >= 0.6 is 7.26 Å². The van der Waals surface area contributed by atoms with Gasteiger partial charge in [-0.25, -0.2) is 0 Å². The van der Waals surface area contributed by atoms with Crippen molar-refractivity contribution in [1.29, 1.82) is 0 Å². The van der Waals surface area contributed by atoms with Gasteiger partial charge in [0.05, 0.1) is 6.16 Å². The zero-order chi connectivity index (χ0) is 21.6. The highest BCUT2D eigenvalue weighted by Gasteiger charge is 2.44. The van der Waals surface area contributed by atoms with Crippen molar-refractivity contribution in [3.8, 4) is 0 Å². The molecule has 0 heterocycles. The van der Waals surface area contributed by atoms with Crippen molar-refractivity contribution < 1.29 is 5.11 Å². The van der Waals surface area contributed by atoms with Crippen molar-refractivity contribution in [1.82, 2.24) is 0 Å². The van der Waals surface area contributed by atoms with Gasteiger partial charge in [-0.3, -0.25) is 0 Å². The number of unbranched alkanes of at least 4 members (excludes halogenated alkanes) is 8. The lowest BCUT2D eigenvalue weighted by Crippen LogP contribution is -2.33. The highest BCUT2D eigenvalue weighted by molar-refractivity contribution is 7.95. The van der Waals surface area contributed by atoms with Gasteiger partial charge in [0.15, 0.2) is 0 Å². The number of benzene rings is 3. The molecule has 0 radical (unpaired) electrons. The molecule has 0 saturated carbocycles. The Bertz CT molecular complexity index is 736. The van der Waals surface area contributed by atoms with Gasteiger partial charge in [0.1, 0.15) is 23.2 Å². The third-order valence-electron chi connectivity index (χ3n) is 6.24. The maximum atomic E-state index is 8.88. The Balaban J connectivity index is 1.70. The van der Waals surface area contributed by atoms with Crippen molar-refractivity contribution in [3.63, 3.8) is 0 Å². The Labute approximate surface area is 189 Å². The monoisotopic (exact) mass is 433 g/mol. The first-order valence-electron chi connectivity index (χ1n) is 12.0. The van der Waals surface area contributed by atoms with Gasteiger partial charge in [-0.05, 0) is 55.7 Å². The van der Waals surface area contributed by atoms with Crippen LogP contribution in [0.3, 0.4) is 0 Å². The molecule has 1 nitrogen and oxygen atoms in total. The van der Waals surface area contributed by atoms with Crippen LogP contribution < -0.4 is 15.9 Å². The number of aliphatic hydroxyl groups is 1. The quantitative estimate of drug-likeness (QED) is 0.228. The summed E-state index contributed by atoms with van der Waals surface area (Å²) in [5, 5.41) is 13.4. The zero-order valence-electron chi connectivity index (χ0n) is 18.8. The van der Waals surface area contributed by atoms with E-state index in [0.717, 1.165) is 6.42 Å². The molecule has 31 heavy (non-hydrogen) atoms. The molecule has 3 aromatic carbocycles. The first-order valence-corrected chi connectivity index (χ1v) is 14.0. The van der Waals surface area contributed by atoms with E-state index in [2.05, 4.69) is 91.0 Å². The molecule has 164 valence electrons. The molecule has 0 fully saturated rings. The van der Waals surface area contributed by atoms with Crippen molar-refractivity contribution in [2.45, 2.75) is 57.8 Å². The maximum Gasteiger partial charge on any atom is 0.112 e. The Morgan fingerprint density at radius 3 is 1.10 bits per heavy atom. The molecule has 0 bridgehead atoms. The van der Waals surface area contributed by atoms with Crippen LogP contribution in [0, 0.1) is 0 Å². The molecule has 0 spiro atoms. The Morgan fingerprint density at radius 1 is 0.419 bits per heavy atom. The summed E-state index contributed by atoms with van der Waals surface area (Å²) in [4.78, 5) is 0. The molecule has 0 amide bonds. The molecule has 0 aliphatic heterocycles. The first-order chi connectivity index (χ1) is 15.4. The van der Waals surface area contributed by atoms with Crippen LogP contribution in [0.15, 0.2) is 91.0 Å². The number of hydrogen-bond donors (Lipinski definition) is 1. The van der Waals surface area contributed by atoms with Crippen molar-refractivity contribution in [3.05, 3.63) is 91.0 Å². The second kappa shape index (κ2) is 13.5. The van der Waals surface area contributed by atoms with E-state index in [1.807, 2.05) is 0 Å². The van der Waals surface area contributed by atoms with Crippen LogP contribution in [-0.2, 0) is 0 Å². The topological polar surface area (TPSA) is 20.2 Å². The van der Waals surface area contributed by atoms with E-state index < -0.39 is 7.26 Å². The zero-order valence-corrected chi connectivity index (χ0v) is 19.7. The first kappa shape index (κ1) is 23.7. The van der Waals surface area contributed by atoms with Crippen molar-refractivity contribution >= 4 is 23.2 Å². The van der Waals surface area contributed by atoms with E-state index >= 15 is 0 Å². The van der Waals surface area contributed by atoms with Gasteiger partial charge < -0.3 is 5.11 Å². The van der Waals surface area contributed by atoms with E-state index in [4.69, 9.17) is 5.11 Å². The highest BCUT2D eigenvalue weighted by atomic mass is 31.2. The Morgan fingerprint density at radius 2 is 0.742 bits per heavy atom. The average molecular weight is 434 g/mol. The summed E-state index contributed by atoms with van der Waals surface area (Å²) in [7, 11) is -1.65. The van der Waals surface area contributed by atoms with E-state index in [9.17, 15) is 0 Å². The standard InChI is InChI=1S/C29H38OP/c30-25-17-6-4-2-1-3-5-7-18-26-31(27-19-11-8-12-20-27,28-21-13-9-14-22-28)29-23-15-10-16-24-29/h8-16,19-24,30H,1-7,17-18,25-26H2/q+1. The Hall–Kier alpha value is -1.95. The van der Waals surface area contributed by atoms with Gasteiger partial charge in [-0.15, -0.1) is 0 Å². The minimum absolute atomic E-state index is 0.342. The molecule has 0 aliphatic carbocycles. The summed E-state index contributed by atoms with van der Waals surface area (Å²) in [6, 6.07) is 33.7. The van der Waals surface area contributed by atoms with Crippen LogP contribution in [0.4, 0.5) is 0 Å². The Kier molecular flexibility index (Phi) is 10.3. The predicted molar refractivity (Wildman–Crippen MR) is 139 cm³/mol. The second-order valence-electron chi connectivity index (χ2n) is 8.45. The fourth-order valence-electron chi connectivity index (χ4n) is 4.58. The molecule has 0 saturated heterocycles. The van der Waals surface area contributed by atoms with E-state index in [0.29, 0.717) is 6.61 Å². The van der Waals surface area contributed by atoms with Crippen molar-refractivity contribution in [2.24, 2.45) is 0 Å². The lowest BCUT2D eigenvalue weighted by Gasteiger charge is -2.27. The highest BCUT2D eigenvalue weighted by Crippen LogP contribution is 2.55. The van der Waals surface area contributed by atoms with Gasteiger partial charge >= 0.3 is 0 Å². The minimum Gasteiger partial charge on any atom is -0.396 e. The molecule has 1 N–H and O–H groups in total. The van der Waals surface area contributed by atoms with E-state index in [-0.39, 0.29) is 0 Å². The fraction of sp³-hybridized carbons (Fsp3) is 0.379. The molecular weight excluding hydrogens is 395 g/mol. The van der Waals surface area contributed by atoms with Crippen LogP contribution in [-0.4, -0.2) is 17.9 Å². The van der Waals surface area contributed by atoms with Gasteiger partial charge in [0.2, 0.25) is 0 Å². The van der Waals surface area contributed by atoms with E-state index in [1.54, 1.807) is 0 Å². The molecular formula is C29H38OP+. The normalized spacial score (nSPS) is 11.5. The molecule has 0 unspecified atom stereocenters. The molecule has 0 atom stereocenters. The summed E-state index contributed by atoms with van der Waals surface area (Å²) in [6.45, 7) is 0.342. The fourth-order valence-corrected chi connectivity index (χ4v) is 8.99. The predicted octanol–water partition coefficient (Wildman–Crippen LogP) is 6.48. The largest absolute Gasteiger partial charge is 0.396 e. The summed E-state index contributed by atoms with van der Waals surface area (Å²) < 4.78 is 0. The van der Waals surface area contributed by atoms with Crippen molar-refractivity contribution in [2.75, 3.05) is 12.8 Å². The van der Waals surface area contributed by atoms with Gasteiger partial charge in [-0.1, -0.05) is 93.1 Å².